The van der Waals surface area contributed by atoms with E-state index in [-0.39, 0.29) is 0 Å². The Bertz CT molecular complexity index is 647. The van der Waals surface area contributed by atoms with Gasteiger partial charge in [0.05, 0.1) is 22.3 Å². The molecule has 0 saturated heterocycles. The van der Waals surface area contributed by atoms with Crippen molar-refractivity contribution in [3.63, 3.8) is 0 Å². The summed E-state index contributed by atoms with van der Waals surface area (Å²) >= 11 is 11.2. The van der Waals surface area contributed by atoms with Crippen LogP contribution >= 0.6 is 23.8 Å². The molecular formula is C15H12ClN3S. The second kappa shape index (κ2) is 6.90. The van der Waals surface area contributed by atoms with E-state index in [0.29, 0.717) is 22.2 Å². The average Bonchev–Trinajstić information content (AvgIpc) is 2.48. The number of para-hydroxylation sites is 1. The summed E-state index contributed by atoms with van der Waals surface area (Å²) in [6.45, 7) is 0.585. The van der Waals surface area contributed by atoms with Crippen LogP contribution in [0.25, 0.3) is 0 Å². The summed E-state index contributed by atoms with van der Waals surface area (Å²) in [6.07, 6.45) is 0. The molecule has 0 aliphatic rings. The number of halogens is 1. The minimum absolute atomic E-state index is 0.502. The number of benzene rings is 2. The van der Waals surface area contributed by atoms with Gasteiger partial charge in [0.2, 0.25) is 0 Å². The Balaban J connectivity index is 1.89. The predicted molar refractivity (Wildman–Crippen MR) is 85.7 cm³/mol. The first-order valence-electron chi connectivity index (χ1n) is 5.97. The minimum atomic E-state index is 0.502. The summed E-state index contributed by atoms with van der Waals surface area (Å²) in [4.78, 5) is 0. The summed E-state index contributed by atoms with van der Waals surface area (Å²) in [5.41, 5.74) is 2.46. The van der Waals surface area contributed by atoms with Crippen LogP contribution in [0, 0.1) is 11.3 Å². The van der Waals surface area contributed by atoms with Crippen LogP contribution in [0.3, 0.4) is 0 Å². The van der Waals surface area contributed by atoms with E-state index < -0.39 is 0 Å². The summed E-state index contributed by atoms with van der Waals surface area (Å²) < 4.78 is 0. The molecule has 0 aliphatic heterocycles. The Morgan fingerprint density at radius 2 is 1.85 bits per heavy atom. The Kier molecular flexibility index (Phi) is 4.94. The standard InChI is InChI=1S/C15H12ClN3S/c16-13-3-1-2-4-14(13)19-15(20)18-10-12-7-5-11(9-17)6-8-12/h1-8H,10H2,(H2,18,19,20). The van der Waals surface area contributed by atoms with E-state index in [4.69, 9.17) is 29.1 Å². The van der Waals surface area contributed by atoms with E-state index in [1.807, 2.05) is 30.3 Å². The van der Waals surface area contributed by atoms with Gasteiger partial charge in [-0.3, -0.25) is 0 Å². The maximum absolute atomic E-state index is 8.73. The van der Waals surface area contributed by atoms with Crippen molar-refractivity contribution in [3.8, 4) is 6.07 Å². The number of anilines is 1. The van der Waals surface area contributed by atoms with Gasteiger partial charge in [-0.1, -0.05) is 35.9 Å². The molecule has 0 radical (unpaired) electrons. The number of rotatable bonds is 3. The molecule has 0 fully saturated rings. The van der Waals surface area contributed by atoms with Crippen molar-refractivity contribution in [1.82, 2.24) is 5.32 Å². The van der Waals surface area contributed by atoms with Gasteiger partial charge in [-0.2, -0.15) is 5.26 Å². The third kappa shape index (κ3) is 3.95. The first-order valence-corrected chi connectivity index (χ1v) is 6.76. The lowest BCUT2D eigenvalue weighted by atomic mass is 10.1. The summed E-state index contributed by atoms with van der Waals surface area (Å²) in [5.74, 6) is 0. The Hall–Kier alpha value is -2.09. The molecule has 100 valence electrons. The van der Waals surface area contributed by atoms with Crippen molar-refractivity contribution in [2.75, 3.05) is 5.32 Å². The first kappa shape index (κ1) is 14.3. The predicted octanol–water partition coefficient (Wildman–Crippen LogP) is 3.70. The lowest BCUT2D eigenvalue weighted by Crippen LogP contribution is -2.27. The van der Waals surface area contributed by atoms with Gasteiger partial charge in [-0.15, -0.1) is 0 Å². The SMILES string of the molecule is N#Cc1ccc(CNC(=S)Nc2ccccc2Cl)cc1. The highest BCUT2D eigenvalue weighted by Crippen LogP contribution is 2.20. The van der Waals surface area contributed by atoms with E-state index in [1.54, 1.807) is 18.2 Å². The van der Waals surface area contributed by atoms with Crippen molar-refractivity contribution in [3.05, 3.63) is 64.7 Å². The number of nitrogens with zero attached hydrogens (tertiary/aromatic N) is 1. The zero-order valence-electron chi connectivity index (χ0n) is 10.6. The molecular weight excluding hydrogens is 290 g/mol. The van der Waals surface area contributed by atoms with Crippen molar-refractivity contribution in [1.29, 1.82) is 5.26 Å². The van der Waals surface area contributed by atoms with Crippen molar-refractivity contribution in [2.45, 2.75) is 6.54 Å². The number of nitrogens with one attached hydrogen (secondary N) is 2. The van der Waals surface area contributed by atoms with Crippen LogP contribution in [0.1, 0.15) is 11.1 Å². The smallest absolute Gasteiger partial charge is 0.171 e. The molecule has 0 heterocycles. The molecule has 0 saturated carbocycles. The van der Waals surface area contributed by atoms with Crippen LogP contribution < -0.4 is 10.6 Å². The molecule has 0 spiro atoms. The molecule has 2 aromatic carbocycles. The maximum atomic E-state index is 8.73. The Labute approximate surface area is 128 Å². The number of thiocarbonyl (C=S) groups is 1. The fourth-order valence-electron chi connectivity index (χ4n) is 1.61. The second-order valence-corrected chi connectivity index (χ2v) is 4.91. The van der Waals surface area contributed by atoms with Crippen LogP contribution in [0.4, 0.5) is 5.69 Å². The highest BCUT2D eigenvalue weighted by Gasteiger charge is 2.01. The molecule has 5 heteroatoms. The molecule has 3 nitrogen and oxygen atoms in total. The fourth-order valence-corrected chi connectivity index (χ4v) is 1.97. The third-order valence-electron chi connectivity index (χ3n) is 2.66. The van der Waals surface area contributed by atoms with Gasteiger partial charge in [0.1, 0.15) is 0 Å². The quantitative estimate of drug-likeness (QED) is 0.849. The number of nitriles is 1. The zero-order chi connectivity index (χ0) is 14.4. The van der Waals surface area contributed by atoms with E-state index in [2.05, 4.69) is 16.7 Å². The summed E-state index contributed by atoms with van der Waals surface area (Å²) in [6, 6.07) is 16.8. The Morgan fingerprint density at radius 3 is 2.50 bits per heavy atom. The van der Waals surface area contributed by atoms with E-state index >= 15 is 0 Å². The van der Waals surface area contributed by atoms with Gasteiger partial charge in [-0.05, 0) is 42.0 Å². The summed E-state index contributed by atoms with van der Waals surface area (Å²) in [5, 5.41) is 16.0. The van der Waals surface area contributed by atoms with Gasteiger partial charge in [0.25, 0.3) is 0 Å². The van der Waals surface area contributed by atoms with E-state index in [0.717, 1.165) is 11.3 Å². The largest absolute Gasteiger partial charge is 0.358 e. The second-order valence-electron chi connectivity index (χ2n) is 4.10. The normalized spacial score (nSPS) is 9.60. The van der Waals surface area contributed by atoms with Gasteiger partial charge >= 0.3 is 0 Å². The van der Waals surface area contributed by atoms with Crippen LogP contribution in [0.15, 0.2) is 48.5 Å². The van der Waals surface area contributed by atoms with Gasteiger partial charge in [-0.25, -0.2) is 0 Å². The monoisotopic (exact) mass is 301 g/mol. The molecule has 20 heavy (non-hydrogen) atoms. The number of hydrogen-bond donors (Lipinski definition) is 2. The Morgan fingerprint density at radius 1 is 1.15 bits per heavy atom. The third-order valence-corrected chi connectivity index (χ3v) is 3.23. The van der Waals surface area contributed by atoms with Gasteiger partial charge in [0.15, 0.2) is 5.11 Å². The van der Waals surface area contributed by atoms with Gasteiger partial charge in [0, 0.05) is 6.54 Å². The molecule has 2 N–H and O–H groups in total. The molecule has 0 aliphatic carbocycles. The maximum Gasteiger partial charge on any atom is 0.171 e. The highest BCUT2D eigenvalue weighted by atomic mass is 35.5. The van der Waals surface area contributed by atoms with E-state index in [9.17, 15) is 0 Å². The molecule has 0 unspecified atom stereocenters. The molecule has 2 rings (SSSR count). The zero-order valence-corrected chi connectivity index (χ0v) is 12.1. The molecule has 0 bridgehead atoms. The molecule has 0 atom stereocenters. The average molecular weight is 302 g/mol. The van der Waals surface area contributed by atoms with Gasteiger partial charge < -0.3 is 10.6 Å². The lowest BCUT2D eigenvalue weighted by molar-refractivity contribution is 0.925. The number of hydrogen-bond acceptors (Lipinski definition) is 2. The molecule has 0 aromatic heterocycles. The first-order chi connectivity index (χ1) is 9.69. The van der Waals surface area contributed by atoms with Crippen molar-refractivity contribution in [2.24, 2.45) is 0 Å². The van der Waals surface area contributed by atoms with Crippen LogP contribution in [-0.4, -0.2) is 5.11 Å². The fraction of sp³-hybridized carbons (Fsp3) is 0.0667. The van der Waals surface area contributed by atoms with Crippen LogP contribution in [0.2, 0.25) is 5.02 Å². The highest BCUT2D eigenvalue weighted by molar-refractivity contribution is 7.80. The lowest BCUT2D eigenvalue weighted by Gasteiger charge is -2.11. The summed E-state index contributed by atoms with van der Waals surface area (Å²) in [7, 11) is 0. The van der Waals surface area contributed by atoms with Crippen molar-refractivity contribution < 1.29 is 0 Å². The van der Waals surface area contributed by atoms with Crippen LogP contribution in [-0.2, 0) is 6.54 Å². The topological polar surface area (TPSA) is 47.9 Å². The van der Waals surface area contributed by atoms with Crippen LogP contribution in [0.5, 0.6) is 0 Å². The van der Waals surface area contributed by atoms with Crippen molar-refractivity contribution >= 4 is 34.6 Å². The van der Waals surface area contributed by atoms with E-state index in [1.165, 1.54) is 0 Å². The molecule has 0 amide bonds. The minimum Gasteiger partial charge on any atom is -0.358 e. The molecule has 2 aromatic rings.